The van der Waals surface area contributed by atoms with Crippen molar-refractivity contribution in [3.63, 3.8) is 0 Å². The summed E-state index contributed by atoms with van der Waals surface area (Å²) >= 11 is 0. The topological polar surface area (TPSA) is 29.3 Å². The second kappa shape index (κ2) is 7.75. The first kappa shape index (κ1) is 16.9. The van der Waals surface area contributed by atoms with E-state index in [2.05, 4.69) is 25.8 Å². The molecule has 0 saturated carbocycles. The number of hydrogen-bond acceptors (Lipinski definition) is 2. The summed E-state index contributed by atoms with van der Waals surface area (Å²) in [6.07, 6.45) is 2.56. The third-order valence-electron chi connectivity index (χ3n) is 2.56. The molecule has 0 aromatic heterocycles. The van der Waals surface area contributed by atoms with Gasteiger partial charge in [0.05, 0.1) is 0 Å². The first-order valence-electron chi connectivity index (χ1n) is 5.02. The summed E-state index contributed by atoms with van der Waals surface area (Å²) in [5.41, 5.74) is 5.95. The largest absolute Gasteiger partial charge is 0.327 e. The Morgan fingerprint density at radius 2 is 1.86 bits per heavy atom. The maximum atomic E-state index is 5.95. The SMILES string of the molecule is CC(C)CC1CC(N)CN(C)C1.Cl.Cl. The minimum absolute atomic E-state index is 0. The zero-order chi connectivity index (χ0) is 9.14. The van der Waals surface area contributed by atoms with E-state index in [0.29, 0.717) is 6.04 Å². The maximum Gasteiger partial charge on any atom is 0.0170 e. The molecule has 1 heterocycles. The summed E-state index contributed by atoms with van der Waals surface area (Å²) < 4.78 is 0. The molecular formula is C10H24Cl2N2. The van der Waals surface area contributed by atoms with Gasteiger partial charge >= 0.3 is 0 Å². The molecule has 1 rings (SSSR count). The molecule has 2 atom stereocenters. The van der Waals surface area contributed by atoms with Crippen LogP contribution in [-0.4, -0.2) is 31.1 Å². The Kier molecular flexibility index (Phi) is 9.36. The predicted molar refractivity (Wildman–Crippen MR) is 67.5 cm³/mol. The van der Waals surface area contributed by atoms with Crippen LogP contribution in [0, 0.1) is 11.8 Å². The van der Waals surface area contributed by atoms with Crippen LogP contribution in [-0.2, 0) is 0 Å². The molecule has 1 aliphatic heterocycles. The van der Waals surface area contributed by atoms with Gasteiger partial charge in [0.15, 0.2) is 0 Å². The van der Waals surface area contributed by atoms with Crippen molar-refractivity contribution in [2.75, 3.05) is 20.1 Å². The third kappa shape index (κ3) is 6.07. The van der Waals surface area contributed by atoms with Crippen LogP contribution in [0.15, 0.2) is 0 Å². The van der Waals surface area contributed by atoms with Gasteiger partial charge in [0.1, 0.15) is 0 Å². The van der Waals surface area contributed by atoms with Crippen LogP contribution < -0.4 is 5.73 Å². The van der Waals surface area contributed by atoms with Crippen molar-refractivity contribution < 1.29 is 0 Å². The molecule has 2 N–H and O–H groups in total. The van der Waals surface area contributed by atoms with Crippen molar-refractivity contribution in [3.05, 3.63) is 0 Å². The molecular weight excluding hydrogens is 219 g/mol. The van der Waals surface area contributed by atoms with Crippen molar-refractivity contribution in [2.24, 2.45) is 17.6 Å². The highest BCUT2D eigenvalue weighted by atomic mass is 35.5. The van der Waals surface area contributed by atoms with Crippen molar-refractivity contribution in [1.29, 1.82) is 0 Å². The van der Waals surface area contributed by atoms with Crippen LogP contribution in [0.3, 0.4) is 0 Å². The van der Waals surface area contributed by atoms with Crippen LogP contribution >= 0.6 is 24.8 Å². The van der Waals surface area contributed by atoms with E-state index in [1.54, 1.807) is 0 Å². The van der Waals surface area contributed by atoms with Gasteiger partial charge in [-0.05, 0) is 31.7 Å². The Morgan fingerprint density at radius 3 is 2.29 bits per heavy atom. The summed E-state index contributed by atoms with van der Waals surface area (Å²) in [4.78, 5) is 2.36. The van der Waals surface area contributed by atoms with Gasteiger partial charge in [-0.3, -0.25) is 0 Å². The molecule has 0 aliphatic carbocycles. The second-order valence-electron chi connectivity index (χ2n) is 4.71. The van der Waals surface area contributed by atoms with Gasteiger partial charge in [-0.25, -0.2) is 0 Å². The van der Waals surface area contributed by atoms with E-state index >= 15 is 0 Å². The van der Waals surface area contributed by atoms with E-state index in [1.807, 2.05) is 0 Å². The second-order valence-corrected chi connectivity index (χ2v) is 4.71. The molecule has 2 unspecified atom stereocenters. The van der Waals surface area contributed by atoms with Crippen LogP contribution in [0.4, 0.5) is 0 Å². The van der Waals surface area contributed by atoms with Crippen molar-refractivity contribution in [1.82, 2.24) is 4.90 Å². The molecule has 1 aliphatic rings. The Bertz CT molecular complexity index is 129. The van der Waals surface area contributed by atoms with E-state index in [0.717, 1.165) is 18.4 Å². The number of likely N-dealkylation sites (N-methyl/N-ethyl adjacent to an activating group) is 1. The maximum absolute atomic E-state index is 5.95. The number of nitrogens with zero attached hydrogens (tertiary/aromatic N) is 1. The summed E-state index contributed by atoms with van der Waals surface area (Å²) in [5.74, 6) is 1.65. The predicted octanol–water partition coefficient (Wildman–Crippen LogP) is 2.16. The molecule has 0 aromatic carbocycles. The fourth-order valence-corrected chi connectivity index (χ4v) is 2.33. The number of piperidine rings is 1. The summed E-state index contributed by atoms with van der Waals surface area (Å²) in [6, 6.07) is 0.410. The lowest BCUT2D eigenvalue weighted by Crippen LogP contribution is -2.45. The number of rotatable bonds is 2. The molecule has 14 heavy (non-hydrogen) atoms. The first-order chi connectivity index (χ1) is 5.58. The Morgan fingerprint density at radius 1 is 1.29 bits per heavy atom. The van der Waals surface area contributed by atoms with Gasteiger partial charge in [-0.15, -0.1) is 24.8 Å². The molecule has 0 aromatic rings. The first-order valence-corrected chi connectivity index (χ1v) is 5.02. The van der Waals surface area contributed by atoms with Crippen molar-refractivity contribution in [2.45, 2.75) is 32.7 Å². The lowest BCUT2D eigenvalue weighted by Gasteiger charge is -2.34. The monoisotopic (exact) mass is 242 g/mol. The van der Waals surface area contributed by atoms with E-state index in [4.69, 9.17) is 5.73 Å². The molecule has 2 nitrogen and oxygen atoms in total. The zero-order valence-electron chi connectivity index (χ0n) is 9.40. The quantitative estimate of drug-likeness (QED) is 0.805. The highest BCUT2D eigenvalue weighted by Crippen LogP contribution is 2.21. The molecule has 88 valence electrons. The molecule has 0 bridgehead atoms. The van der Waals surface area contributed by atoms with E-state index in [-0.39, 0.29) is 24.8 Å². The van der Waals surface area contributed by atoms with Gasteiger partial charge < -0.3 is 10.6 Å². The lowest BCUT2D eigenvalue weighted by molar-refractivity contribution is 0.171. The zero-order valence-corrected chi connectivity index (χ0v) is 11.0. The van der Waals surface area contributed by atoms with E-state index in [9.17, 15) is 0 Å². The van der Waals surface area contributed by atoms with Crippen molar-refractivity contribution >= 4 is 24.8 Å². The molecule has 1 saturated heterocycles. The lowest BCUT2D eigenvalue weighted by atomic mass is 9.88. The third-order valence-corrected chi connectivity index (χ3v) is 2.56. The average Bonchev–Trinajstić information content (AvgIpc) is 1.81. The molecule has 0 spiro atoms. The van der Waals surface area contributed by atoms with Gasteiger partial charge in [0.2, 0.25) is 0 Å². The fraction of sp³-hybridized carbons (Fsp3) is 1.00. The fourth-order valence-electron chi connectivity index (χ4n) is 2.33. The molecule has 4 heteroatoms. The highest BCUT2D eigenvalue weighted by molar-refractivity contribution is 5.85. The average molecular weight is 243 g/mol. The number of likely N-dealkylation sites (tertiary alicyclic amines) is 1. The smallest absolute Gasteiger partial charge is 0.0170 e. The van der Waals surface area contributed by atoms with Crippen LogP contribution in [0.2, 0.25) is 0 Å². The van der Waals surface area contributed by atoms with Gasteiger partial charge in [0.25, 0.3) is 0 Å². The molecule has 1 fully saturated rings. The highest BCUT2D eigenvalue weighted by Gasteiger charge is 2.22. The molecule has 0 amide bonds. The summed E-state index contributed by atoms with van der Waals surface area (Å²) in [5, 5.41) is 0. The van der Waals surface area contributed by atoms with E-state index < -0.39 is 0 Å². The number of nitrogens with two attached hydrogens (primary N) is 1. The summed E-state index contributed by atoms with van der Waals surface area (Å²) in [7, 11) is 2.17. The summed E-state index contributed by atoms with van der Waals surface area (Å²) in [6.45, 7) is 6.90. The number of hydrogen-bond donors (Lipinski definition) is 1. The van der Waals surface area contributed by atoms with Gasteiger partial charge in [0, 0.05) is 19.1 Å². The van der Waals surface area contributed by atoms with E-state index in [1.165, 1.54) is 19.4 Å². The van der Waals surface area contributed by atoms with Crippen molar-refractivity contribution in [3.8, 4) is 0 Å². The van der Waals surface area contributed by atoms with Crippen LogP contribution in [0.1, 0.15) is 26.7 Å². The standard InChI is InChI=1S/C10H22N2.2ClH/c1-8(2)4-9-5-10(11)7-12(3)6-9;;/h8-10H,4-7,11H2,1-3H3;2*1H. The normalized spacial score (nSPS) is 28.1. The van der Waals surface area contributed by atoms with Gasteiger partial charge in [-0.1, -0.05) is 13.8 Å². The van der Waals surface area contributed by atoms with Crippen LogP contribution in [0.5, 0.6) is 0 Å². The minimum Gasteiger partial charge on any atom is -0.327 e. The van der Waals surface area contributed by atoms with Gasteiger partial charge in [-0.2, -0.15) is 0 Å². The minimum atomic E-state index is 0. The van der Waals surface area contributed by atoms with Crippen LogP contribution in [0.25, 0.3) is 0 Å². The Balaban J connectivity index is 0. The Labute approximate surface area is 100 Å². The Hall–Kier alpha value is 0.500. The molecule has 0 radical (unpaired) electrons. The number of halogens is 2.